The maximum atomic E-state index is 12.7. The van der Waals surface area contributed by atoms with E-state index < -0.39 is 18.5 Å². The fraction of sp³-hybridized carbons (Fsp3) is 0.731. The van der Waals surface area contributed by atoms with Crippen LogP contribution in [0.25, 0.3) is 0 Å². The number of carboxylic acid groups (broad SMARTS) is 1. The average Bonchev–Trinajstić information content (AvgIpc) is 2.72. The number of esters is 1. The number of carboxylic acids is 1. The van der Waals surface area contributed by atoms with Gasteiger partial charge in [-0.05, 0) is 56.3 Å². The van der Waals surface area contributed by atoms with E-state index in [-0.39, 0.29) is 47.9 Å². The Labute approximate surface area is 192 Å². The third-order valence-electron chi connectivity index (χ3n) is 7.24. The second-order valence-electron chi connectivity index (χ2n) is 9.72. The first-order chi connectivity index (χ1) is 15.2. The van der Waals surface area contributed by atoms with Gasteiger partial charge >= 0.3 is 11.9 Å². The summed E-state index contributed by atoms with van der Waals surface area (Å²) in [5.41, 5.74) is 0. The Kier molecular flexibility index (Phi) is 10.1. The highest BCUT2D eigenvalue weighted by Gasteiger charge is 2.45. The molecule has 2 rings (SSSR count). The lowest BCUT2D eigenvalue weighted by Crippen LogP contribution is -2.46. The number of allylic oxidation sites excluding steroid dienone is 4. The van der Waals surface area contributed by atoms with Gasteiger partial charge in [-0.1, -0.05) is 45.1 Å². The molecule has 6 heteroatoms. The summed E-state index contributed by atoms with van der Waals surface area (Å²) in [7, 11) is 0. The summed E-state index contributed by atoms with van der Waals surface area (Å²) in [5, 5.41) is 18.6. The number of aliphatic hydroxyl groups is 1. The van der Waals surface area contributed by atoms with Gasteiger partial charge in [0.05, 0.1) is 18.4 Å². The number of hydrogen-bond acceptors (Lipinski definition) is 5. The van der Waals surface area contributed by atoms with Crippen LogP contribution in [0.1, 0.15) is 72.6 Å². The molecule has 180 valence electrons. The monoisotopic (exact) mass is 448 g/mol. The second-order valence-corrected chi connectivity index (χ2v) is 9.72. The Morgan fingerprint density at radius 2 is 1.91 bits per heavy atom. The molecule has 32 heavy (non-hydrogen) atoms. The molecule has 0 spiro atoms. The lowest BCUT2D eigenvalue weighted by molar-refractivity contribution is -0.163. The summed E-state index contributed by atoms with van der Waals surface area (Å²) in [5.74, 6) is -0.217. The number of Topliss-reactive ketones (excluding diaryl/α,β-unsaturated/α-hetero) is 1. The fourth-order valence-electron chi connectivity index (χ4n) is 5.36. The topological polar surface area (TPSA) is 101 Å². The minimum Gasteiger partial charge on any atom is -0.481 e. The summed E-state index contributed by atoms with van der Waals surface area (Å²) < 4.78 is 6.09. The van der Waals surface area contributed by atoms with E-state index in [1.165, 1.54) is 0 Å². The molecule has 0 aromatic carbocycles. The van der Waals surface area contributed by atoms with Crippen LogP contribution in [0, 0.1) is 35.5 Å². The van der Waals surface area contributed by atoms with Crippen molar-refractivity contribution in [3.63, 3.8) is 0 Å². The van der Waals surface area contributed by atoms with Crippen LogP contribution >= 0.6 is 0 Å². The third-order valence-corrected chi connectivity index (χ3v) is 7.24. The third kappa shape index (κ3) is 7.29. The molecule has 1 fully saturated rings. The maximum absolute atomic E-state index is 12.7. The molecule has 0 bridgehead atoms. The molecule has 0 unspecified atom stereocenters. The number of aliphatic hydroxyl groups excluding tert-OH is 1. The lowest BCUT2D eigenvalue weighted by atomic mass is 9.60. The highest BCUT2D eigenvalue weighted by molar-refractivity contribution is 5.79. The van der Waals surface area contributed by atoms with Gasteiger partial charge in [0.25, 0.3) is 0 Å². The molecule has 0 heterocycles. The van der Waals surface area contributed by atoms with Crippen molar-refractivity contribution in [1.82, 2.24) is 0 Å². The van der Waals surface area contributed by atoms with E-state index in [1.54, 1.807) is 0 Å². The van der Waals surface area contributed by atoms with Crippen LogP contribution in [-0.4, -0.2) is 40.1 Å². The molecule has 0 aromatic rings. The Balaban J connectivity index is 2.14. The van der Waals surface area contributed by atoms with Gasteiger partial charge in [-0.15, -0.1) is 0 Å². The van der Waals surface area contributed by atoms with E-state index >= 15 is 0 Å². The number of carbonyl (C=O) groups excluding carboxylic acids is 2. The largest absolute Gasteiger partial charge is 0.481 e. The van der Waals surface area contributed by atoms with Gasteiger partial charge in [-0.2, -0.15) is 0 Å². The van der Waals surface area contributed by atoms with Crippen LogP contribution in [0.4, 0.5) is 0 Å². The number of hydrogen-bond donors (Lipinski definition) is 2. The SMILES string of the molecule is C/C=C/[C@@H]1C[C@H](OC(=O)[C@@H](C)CC)[C@@H]2[C@@H](CCC(=O)C[C@@H](O)CC(=O)O)[C@@H](C)C=C[C@H]2C1. The zero-order chi connectivity index (χ0) is 23.8. The molecule has 0 radical (unpaired) electrons. The van der Waals surface area contributed by atoms with Gasteiger partial charge < -0.3 is 14.9 Å². The molecule has 0 aromatic heterocycles. The molecule has 0 saturated heterocycles. The van der Waals surface area contributed by atoms with Crippen LogP contribution in [0.3, 0.4) is 0 Å². The first-order valence-electron chi connectivity index (χ1n) is 12.1. The molecule has 2 aliphatic carbocycles. The fourth-order valence-corrected chi connectivity index (χ4v) is 5.36. The van der Waals surface area contributed by atoms with E-state index in [0.717, 1.165) is 19.3 Å². The van der Waals surface area contributed by atoms with Crippen molar-refractivity contribution < 1.29 is 29.3 Å². The first-order valence-corrected chi connectivity index (χ1v) is 12.1. The molecular weight excluding hydrogens is 408 g/mol. The zero-order valence-electron chi connectivity index (χ0n) is 19.9. The van der Waals surface area contributed by atoms with E-state index in [4.69, 9.17) is 9.84 Å². The highest BCUT2D eigenvalue weighted by atomic mass is 16.5. The van der Waals surface area contributed by atoms with E-state index in [0.29, 0.717) is 24.7 Å². The molecule has 6 nitrogen and oxygen atoms in total. The molecule has 1 saturated carbocycles. The average molecular weight is 449 g/mol. The minimum atomic E-state index is -1.14. The van der Waals surface area contributed by atoms with Gasteiger partial charge in [-0.3, -0.25) is 14.4 Å². The standard InChI is InChI=1S/C26H40O6/c1-5-7-18-12-19-9-8-17(4)22(11-10-20(27)14-21(28)15-24(29)30)25(19)23(13-18)32-26(31)16(3)6-2/h5,7-9,16-19,21-23,25,28H,6,10-15H2,1-4H3,(H,29,30)/b7-5+/t16-,17-,18-,19-,21+,22-,23-,25-/m0/s1. The summed E-state index contributed by atoms with van der Waals surface area (Å²) in [6, 6.07) is 0. The molecule has 8 atom stereocenters. The number of fused-ring (bicyclic) bond motifs is 1. The smallest absolute Gasteiger partial charge is 0.308 e. The molecule has 0 aliphatic heterocycles. The van der Waals surface area contributed by atoms with Crippen molar-refractivity contribution in [3.8, 4) is 0 Å². The Morgan fingerprint density at radius 3 is 2.53 bits per heavy atom. The van der Waals surface area contributed by atoms with E-state index in [9.17, 15) is 19.5 Å². The number of ether oxygens (including phenoxy) is 1. The number of aliphatic carboxylic acids is 1. The Morgan fingerprint density at radius 1 is 1.19 bits per heavy atom. The zero-order valence-corrected chi connectivity index (χ0v) is 19.9. The van der Waals surface area contributed by atoms with Crippen LogP contribution in [0.2, 0.25) is 0 Å². The van der Waals surface area contributed by atoms with Crippen molar-refractivity contribution in [2.45, 2.75) is 84.8 Å². The Bertz CT molecular complexity index is 711. The summed E-state index contributed by atoms with van der Waals surface area (Å²) in [6.45, 7) is 8.04. The first kappa shape index (κ1) is 26.3. The predicted molar refractivity (Wildman–Crippen MR) is 123 cm³/mol. The van der Waals surface area contributed by atoms with Crippen molar-refractivity contribution in [2.75, 3.05) is 0 Å². The number of carbonyl (C=O) groups is 3. The van der Waals surface area contributed by atoms with Crippen molar-refractivity contribution in [3.05, 3.63) is 24.3 Å². The molecule has 2 N–H and O–H groups in total. The van der Waals surface area contributed by atoms with Crippen molar-refractivity contribution in [1.29, 1.82) is 0 Å². The number of rotatable bonds is 11. The van der Waals surface area contributed by atoms with Gasteiger partial charge in [-0.25, -0.2) is 0 Å². The molecule has 0 amide bonds. The van der Waals surface area contributed by atoms with Crippen molar-refractivity contribution in [2.24, 2.45) is 35.5 Å². The quantitative estimate of drug-likeness (QED) is 0.355. The van der Waals surface area contributed by atoms with E-state index in [2.05, 4.69) is 31.2 Å². The van der Waals surface area contributed by atoms with Gasteiger partial charge in [0.1, 0.15) is 11.9 Å². The summed E-state index contributed by atoms with van der Waals surface area (Å²) in [6.07, 6.45) is 10.4. The van der Waals surface area contributed by atoms with Crippen LogP contribution in [0.5, 0.6) is 0 Å². The Hall–Kier alpha value is -1.95. The van der Waals surface area contributed by atoms with Crippen molar-refractivity contribution >= 4 is 17.7 Å². The lowest BCUT2D eigenvalue weighted by Gasteiger charge is -2.47. The van der Waals surface area contributed by atoms with Crippen LogP contribution in [-0.2, 0) is 19.1 Å². The van der Waals surface area contributed by atoms with Gasteiger partial charge in [0, 0.05) is 18.8 Å². The van der Waals surface area contributed by atoms with Gasteiger partial charge in [0.2, 0.25) is 0 Å². The normalized spacial score (nSPS) is 31.7. The number of ketones is 1. The highest BCUT2D eigenvalue weighted by Crippen LogP contribution is 2.48. The molecule has 2 aliphatic rings. The summed E-state index contributed by atoms with van der Waals surface area (Å²) in [4.78, 5) is 35.8. The minimum absolute atomic E-state index is 0.118. The predicted octanol–water partition coefficient (Wildman–Crippen LogP) is 4.56. The van der Waals surface area contributed by atoms with E-state index in [1.807, 2.05) is 20.8 Å². The van der Waals surface area contributed by atoms with Gasteiger partial charge in [0.15, 0.2) is 0 Å². The molecular formula is C26H40O6. The maximum Gasteiger partial charge on any atom is 0.308 e. The summed E-state index contributed by atoms with van der Waals surface area (Å²) >= 11 is 0. The second kappa shape index (κ2) is 12.3. The van der Waals surface area contributed by atoms with Crippen LogP contribution in [0.15, 0.2) is 24.3 Å². The van der Waals surface area contributed by atoms with Crippen LogP contribution < -0.4 is 0 Å².